The first-order valence-electron chi connectivity index (χ1n) is 9.92. The van der Waals surface area contributed by atoms with Gasteiger partial charge >= 0.3 is 6.09 Å². The number of nitrogens with one attached hydrogen (secondary N) is 1. The van der Waals surface area contributed by atoms with Gasteiger partial charge in [-0.2, -0.15) is 0 Å². The van der Waals surface area contributed by atoms with Gasteiger partial charge in [0.2, 0.25) is 5.91 Å². The van der Waals surface area contributed by atoms with Crippen LogP contribution < -0.4 is 5.32 Å². The van der Waals surface area contributed by atoms with Gasteiger partial charge in [0.15, 0.2) is 0 Å². The van der Waals surface area contributed by atoms with Crippen molar-refractivity contribution in [2.24, 2.45) is 11.3 Å². The van der Waals surface area contributed by atoms with Gasteiger partial charge in [0, 0.05) is 24.5 Å². The molecular weight excluding hydrogens is 340 g/mol. The second-order valence-electron chi connectivity index (χ2n) is 9.12. The Morgan fingerprint density at radius 1 is 1.30 bits per heavy atom. The summed E-state index contributed by atoms with van der Waals surface area (Å²) in [4.78, 5) is 26.5. The number of nitrogens with zero attached hydrogens (tertiary/aromatic N) is 1. The number of likely N-dealkylation sites (tertiary alicyclic amines) is 1. The minimum Gasteiger partial charge on any atom is -0.453 e. The van der Waals surface area contributed by atoms with Gasteiger partial charge < -0.3 is 15.0 Å². The summed E-state index contributed by atoms with van der Waals surface area (Å²) in [6, 6.07) is 8.68. The van der Waals surface area contributed by atoms with E-state index in [1.54, 1.807) is 0 Å². The summed E-state index contributed by atoms with van der Waals surface area (Å²) < 4.78 is 4.68. The number of rotatable bonds is 4. The number of aryl methyl sites for hydroxylation is 1. The Kier molecular flexibility index (Phi) is 5.50. The fourth-order valence-corrected chi connectivity index (χ4v) is 4.82. The lowest BCUT2D eigenvalue weighted by atomic mass is 9.68. The maximum atomic E-state index is 13.0. The summed E-state index contributed by atoms with van der Waals surface area (Å²) in [6.45, 7) is 8.07. The number of methoxy groups -OCH3 is 1. The van der Waals surface area contributed by atoms with Crippen LogP contribution in [0.1, 0.15) is 50.7 Å². The zero-order valence-electron chi connectivity index (χ0n) is 17.0. The first-order chi connectivity index (χ1) is 12.7. The molecule has 27 heavy (non-hydrogen) atoms. The van der Waals surface area contributed by atoms with Crippen LogP contribution in [0.25, 0.3) is 0 Å². The summed E-state index contributed by atoms with van der Waals surface area (Å²) in [5.41, 5.74) is 2.43. The van der Waals surface area contributed by atoms with E-state index in [1.807, 2.05) is 6.92 Å². The largest absolute Gasteiger partial charge is 0.453 e. The van der Waals surface area contributed by atoms with Crippen LogP contribution in [0, 0.1) is 18.3 Å². The summed E-state index contributed by atoms with van der Waals surface area (Å²) in [6.07, 6.45) is 4.16. The third-order valence-corrected chi connectivity index (χ3v) is 6.14. The molecule has 1 aliphatic heterocycles. The zero-order chi connectivity index (χ0) is 19.7. The smallest absolute Gasteiger partial charge is 0.407 e. The van der Waals surface area contributed by atoms with Gasteiger partial charge in [0.1, 0.15) is 0 Å². The summed E-state index contributed by atoms with van der Waals surface area (Å²) >= 11 is 0. The van der Waals surface area contributed by atoms with E-state index in [0.717, 1.165) is 32.4 Å². The van der Waals surface area contributed by atoms with E-state index in [4.69, 9.17) is 0 Å². The lowest BCUT2D eigenvalue weighted by Crippen LogP contribution is -2.59. The summed E-state index contributed by atoms with van der Waals surface area (Å²) in [7, 11) is 1.36. The quantitative estimate of drug-likeness (QED) is 0.877. The molecule has 0 unspecified atom stereocenters. The molecule has 1 saturated heterocycles. The second kappa shape index (κ2) is 7.53. The second-order valence-corrected chi connectivity index (χ2v) is 9.12. The summed E-state index contributed by atoms with van der Waals surface area (Å²) in [5.74, 6) is 0.253. The Labute approximate surface area is 162 Å². The highest BCUT2D eigenvalue weighted by Gasteiger charge is 2.47. The number of carbonyl (C=O) groups is 2. The fourth-order valence-electron chi connectivity index (χ4n) is 4.82. The number of hydrogen-bond acceptors (Lipinski definition) is 3. The Morgan fingerprint density at radius 3 is 2.70 bits per heavy atom. The molecule has 2 fully saturated rings. The van der Waals surface area contributed by atoms with Crippen LogP contribution in [-0.2, 0) is 16.0 Å². The molecule has 1 heterocycles. The number of hydrogen-bond donors (Lipinski definition) is 1. The number of ether oxygens (including phenoxy) is 1. The van der Waals surface area contributed by atoms with Crippen molar-refractivity contribution in [3.05, 3.63) is 35.4 Å². The number of carbonyl (C=O) groups excluding carboxylic acids is 2. The third-order valence-electron chi connectivity index (χ3n) is 6.14. The number of amides is 2. The molecular formula is C22H32N2O3. The number of benzene rings is 1. The van der Waals surface area contributed by atoms with Crippen molar-refractivity contribution in [2.45, 2.75) is 58.4 Å². The molecule has 2 amide bonds. The molecule has 0 aromatic heterocycles. The fraction of sp³-hybridized carbons (Fsp3) is 0.636. The molecule has 1 aromatic rings. The van der Waals surface area contributed by atoms with E-state index in [1.165, 1.54) is 18.2 Å². The van der Waals surface area contributed by atoms with Gasteiger partial charge in [-0.3, -0.25) is 4.79 Å². The molecule has 1 aliphatic carbocycles. The maximum Gasteiger partial charge on any atom is 0.407 e. The van der Waals surface area contributed by atoms with Crippen LogP contribution in [0.15, 0.2) is 24.3 Å². The Bertz CT molecular complexity index is 711. The molecule has 148 valence electrons. The lowest BCUT2D eigenvalue weighted by Gasteiger charge is -2.48. The van der Waals surface area contributed by atoms with Crippen LogP contribution >= 0.6 is 0 Å². The predicted molar refractivity (Wildman–Crippen MR) is 105 cm³/mol. The molecule has 1 atom stereocenters. The van der Waals surface area contributed by atoms with Crippen molar-refractivity contribution < 1.29 is 14.3 Å². The minimum atomic E-state index is -0.424. The highest BCUT2D eigenvalue weighted by Crippen LogP contribution is 2.41. The normalized spacial score (nSPS) is 30.4. The van der Waals surface area contributed by atoms with E-state index in [-0.39, 0.29) is 22.8 Å². The average molecular weight is 373 g/mol. The molecule has 1 N–H and O–H groups in total. The van der Waals surface area contributed by atoms with Crippen LogP contribution in [-0.4, -0.2) is 42.6 Å². The molecule has 0 radical (unpaired) electrons. The molecule has 0 bridgehead atoms. The van der Waals surface area contributed by atoms with Crippen molar-refractivity contribution in [1.29, 1.82) is 0 Å². The number of piperidine rings is 1. The highest BCUT2D eigenvalue weighted by atomic mass is 16.5. The van der Waals surface area contributed by atoms with Gasteiger partial charge in [0.25, 0.3) is 0 Å². The standard InChI is InChI=1S/C22H32N2O3/c1-16-7-5-8-17(11-16)12-21(2)9-6-10-24(15-21)19(25)18-13-22(3,14-18)23-20(26)27-4/h5,7-8,11,18H,6,9-10,12-15H2,1-4H3,(H,23,26)/t18?,21-,22?/m0/s1. The third kappa shape index (κ3) is 4.63. The molecule has 3 rings (SSSR count). The van der Waals surface area contributed by atoms with Crippen molar-refractivity contribution in [3.8, 4) is 0 Å². The first-order valence-corrected chi connectivity index (χ1v) is 9.92. The molecule has 1 aromatic carbocycles. The Hall–Kier alpha value is -2.04. The topological polar surface area (TPSA) is 58.6 Å². The van der Waals surface area contributed by atoms with Crippen LogP contribution in [0.2, 0.25) is 0 Å². The number of alkyl carbamates (subject to hydrolysis) is 1. The first kappa shape index (κ1) is 19.7. The van der Waals surface area contributed by atoms with Crippen LogP contribution in [0.3, 0.4) is 0 Å². The summed E-state index contributed by atoms with van der Waals surface area (Å²) in [5, 5.41) is 2.85. The van der Waals surface area contributed by atoms with Crippen molar-refractivity contribution in [2.75, 3.05) is 20.2 Å². The van der Waals surface area contributed by atoms with Crippen LogP contribution in [0.5, 0.6) is 0 Å². The van der Waals surface area contributed by atoms with E-state index in [0.29, 0.717) is 12.8 Å². The molecule has 0 spiro atoms. The lowest BCUT2D eigenvalue weighted by molar-refractivity contribution is -0.144. The van der Waals surface area contributed by atoms with Gasteiger partial charge in [0.05, 0.1) is 7.11 Å². The van der Waals surface area contributed by atoms with Gasteiger partial charge in [-0.05, 0) is 56.9 Å². The van der Waals surface area contributed by atoms with Gasteiger partial charge in [-0.15, -0.1) is 0 Å². The van der Waals surface area contributed by atoms with Crippen molar-refractivity contribution in [1.82, 2.24) is 10.2 Å². The predicted octanol–water partition coefficient (Wildman–Crippen LogP) is 3.69. The van der Waals surface area contributed by atoms with E-state index in [9.17, 15) is 9.59 Å². The van der Waals surface area contributed by atoms with Gasteiger partial charge in [-0.25, -0.2) is 4.79 Å². The Balaban J connectivity index is 1.58. The van der Waals surface area contributed by atoms with Crippen molar-refractivity contribution >= 4 is 12.0 Å². The molecule has 1 saturated carbocycles. The zero-order valence-corrected chi connectivity index (χ0v) is 17.0. The minimum absolute atomic E-state index is 0.00785. The van der Waals surface area contributed by atoms with Gasteiger partial charge in [-0.1, -0.05) is 36.8 Å². The maximum absolute atomic E-state index is 13.0. The molecule has 2 aliphatic rings. The highest BCUT2D eigenvalue weighted by molar-refractivity contribution is 5.81. The molecule has 5 nitrogen and oxygen atoms in total. The van der Waals surface area contributed by atoms with E-state index in [2.05, 4.69) is 53.1 Å². The van der Waals surface area contributed by atoms with E-state index >= 15 is 0 Å². The molecule has 5 heteroatoms. The monoisotopic (exact) mass is 372 g/mol. The average Bonchev–Trinajstić information content (AvgIpc) is 2.58. The Morgan fingerprint density at radius 2 is 2.04 bits per heavy atom. The van der Waals surface area contributed by atoms with Crippen molar-refractivity contribution in [3.63, 3.8) is 0 Å². The van der Waals surface area contributed by atoms with Crippen LogP contribution in [0.4, 0.5) is 4.79 Å². The SMILES string of the molecule is COC(=O)NC1(C)CC(C(=O)N2CCC[C@@](C)(Cc3cccc(C)c3)C2)C1. The van der Waals surface area contributed by atoms with E-state index < -0.39 is 6.09 Å².